The molecule has 0 heterocycles. The number of rotatable bonds is 9. The van der Waals surface area contributed by atoms with Crippen molar-refractivity contribution >= 4 is 5.96 Å². The number of ether oxygens (including phenoxy) is 2. The summed E-state index contributed by atoms with van der Waals surface area (Å²) in [6.45, 7) is 5.67. The van der Waals surface area contributed by atoms with Gasteiger partial charge in [0.05, 0.1) is 13.2 Å². The number of para-hydroxylation sites is 1. The molecular formula is C17H27N3O2. The normalized spacial score (nSPS) is 14.7. The summed E-state index contributed by atoms with van der Waals surface area (Å²) in [4.78, 5) is 4.21. The third kappa shape index (κ3) is 5.93. The number of hydrogen-bond acceptors (Lipinski definition) is 3. The van der Waals surface area contributed by atoms with E-state index < -0.39 is 0 Å². The lowest BCUT2D eigenvalue weighted by atomic mass is 10.2. The number of hydrogen-bond donors (Lipinski definition) is 2. The molecule has 22 heavy (non-hydrogen) atoms. The summed E-state index contributed by atoms with van der Waals surface area (Å²) in [6, 6.07) is 8.17. The van der Waals surface area contributed by atoms with Crippen LogP contribution in [-0.4, -0.2) is 39.4 Å². The van der Waals surface area contributed by atoms with Gasteiger partial charge in [-0.25, -0.2) is 0 Å². The molecule has 0 saturated heterocycles. The van der Waals surface area contributed by atoms with E-state index in [1.54, 1.807) is 7.05 Å². The van der Waals surface area contributed by atoms with Gasteiger partial charge in [-0.2, -0.15) is 0 Å². The molecule has 0 atom stereocenters. The van der Waals surface area contributed by atoms with Gasteiger partial charge in [0.15, 0.2) is 5.96 Å². The molecule has 0 unspecified atom stereocenters. The van der Waals surface area contributed by atoms with Crippen molar-refractivity contribution in [3.63, 3.8) is 0 Å². The van der Waals surface area contributed by atoms with Crippen molar-refractivity contribution in [1.29, 1.82) is 0 Å². The third-order valence-electron chi connectivity index (χ3n) is 3.56. The minimum Gasteiger partial charge on any atom is -0.493 e. The van der Waals surface area contributed by atoms with Gasteiger partial charge in [0, 0.05) is 32.3 Å². The molecule has 0 spiro atoms. The van der Waals surface area contributed by atoms with E-state index in [9.17, 15) is 0 Å². The van der Waals surface area contributed by atoms with Gasteiger partial charge in [-0.15, -0.1) is 0 Å². The molecule has 1 aliphatic rings. The van der Waals surface area contributed by atoms with Gasteiger partial charge in [-0.3, -0.25) is 4.99 Å². The molecule has 0 aromatic heterocycles. The molecule has 0 radical (unpaired) electrons. The van der Waals surface area contributed by atoms with Crippen molar-refractivity contribution in [3.8, 4) is 5.75 Å². The topological polar surface area (TPSA) is 54.9 Å². The predicted molar refractivity (Wildman–Crippen MR) is 89.4 cm³/mol. The quantitative estimate of drug-likeness (QED) is 0.417. The Morgan fingerprint density at radius 3 is 2.82 bits per heavy atom. The van der Waals surface area contributed by atoms with Crippen LogP contribution in [-0.2, 0) is 11.3 Å². The Kier molecular flexibility index (Phi) is 7.03. The van der Waals surface area contributed by atoms with E-state index >= 15 is 0 Å². The smallest absolute Gasteiger partial charge is 0.191 e. The zero-order valence-electron chi connectivity index (χ0n) is 13.6. The Morgan fingerprint density at radius 2 is 2.09 bits per heavy atom. The molecule has 1 aliphatic carbocycles. The van der Waals surface area contributed by atoms with E-state index in [0.29, 0.717) is 13.2 Å². The van der Waals surface area contributed by atoms with Crippen molar-refractivity contribution in [3.05, 3.63) is 29.8 Å². The minimum atomic E-state index is 0.679. The second-order valence-corrected chi connectivity index (χ2v) is 5.41. The van der Waals surface area contributed by atoms with Gasteiger partial charge >= 0.3 is 0 Å². The second kappa shape index (κ2) is 9.30. The zero-order valence-corrected chi connectivity index (χ0v) is 13.6. The van der Waals surface area contributed by atoms with Gasteiger partial charge in [0.1, 0.15) is 5.75 Å². The van der Waals surface area contributed by atoms with Crippen LogP contribution < -0.4 is 15.4 Å². The fraction of sp³-hybridized carbons (Fsp3) is 0.588. The largest absolute Gasteiger partial charge is 0.493 e. The molecule has 0 aliphatic heterocycles. The lowest BCUT2D eigenvalue weighted by molar-refractivity contribution is 0.152. The zero-order chi connectivity index (χ0) is 15.6. The van der Waals surface area contributed by atoms with Crippen molar-refractivity contribution < 1.29 is 9.47 Å². The SMILES string of the molecule is CCOCCNC(=NC)NCc1ccccc1OCC1CC1. The molecule has 1 fully saturated rings. The summed E-state index contributed by atoms with van der Waals surface area (Å²) < 4.78 is 11.2. The summed E-state index contributed by atoms with van der Waals surface area (Å²) >= 11 is 0. The molecule has 2 N–H and O–H groups in total. The summed E-state index contributed by atoms with van der Waals surface area (Å²) in [5.41, 5.74) is 1.15. The van der Waals surface area contributed by atoms with Crippen LogP contribution >= 0.6 is 0 Å². The van der Waals surface area contributed by atoms with E-state index in [1.807, 2.05) is 25.1 Å². The first-order valence-electron chi connectivity index (χ1n) is 8.06. The van der Waals surface area contributed by atoms with Crippen molar-refractivity contribution in [2.45, 2.75) is 26.3 Å². The van der Waals surface area contributed by atoms with Crippen LogP contribution in [0.25, 0.3) is 0 Å². The van der Waals surface area contributed by atoms with Crippen molar-refractivity contribution in [2.75, 3.05) is 33.4 Å². The van der Waals surface area contributed by atoms with Crippen LogP contribution in [0.4, 0.5) is 0 Å². The Balaban J connectivity index is 1.78. The molecule has 0 bridgehead atoms. The van der Waals surface area contributed by atoms with E-state index in [2.05, 4.69) is 21.7 Å². The van der Waals surface area contributed by atoms with E-state index in [4.69, 9.17) is 9.47 Å². The molecule has 5 nitrogen and oxygen atoms in total. The Bertz CT molecular complexity index is 473. The highest BCUT2D eigenvalue weighted by Gasteiger charge is 2.22. The molecule has 2 rings (SSSR count). The average Bonchev–Trinajstić information content (AvgIpc) is 3.37. The summed E-state index contributed by atoms with van der Waals surface area (Å²) in [5, 5.41) is 6.54. The van der Waals surface area contributed by atoms with E-state index in [0.717, 1.165) is 42.9 Å². The standard InChI is InChI=1S/C17H27N3O2/c1-3-21-11-10-19-17(18-2)20-12-15-6-4-5-7-16(15)22-13-14-8-9-14/h4-7,14H,3,8-13H2,1-2H3,(H2,18,19,20). The summed E-state index contributed by atoms with van der Waals surface area (Å²) in [7, 11) is 1.77. The Hall–Kier alpha value is -1.75. The maximum Gasteiger partial charge on any atom is 0.191 e. The first-order chi connectivity index (χ1) is 10.8. The van der Waals surface area contributed by atoms with Gasteiger partial charge in [0.25, 0.3) is 0 Å². The monoisotopic (exact) mass is 305 g/mol. The molecule has 0 amide bonds. The Labute approximate surface area is 133 Å². The molecule has 1 aromatic carbocycles. The van der Waals surface area contributed by atoms with Crippen LogP contribution in [0.3, 0.4) is 0 Å². The minimum absolute atomic E-state index is 0.679. The third-order valence-corrected chi connectivity index (χ3v) is 3.56. The van der Waals surface area contributed by atoms with Gasteiger partial charge < -0.3 is 20.1 Å². The van der Waals surface area contributed by atoms with E-state index in [1.165, 1.54) is 12.8 Å². The maximum atomic E-state index is 5.92. The number of benzene rings is 1. The van der Waals surface area contributed by atoms with Crippen LogP contribution in [0.15, 0.2) is 29.3 Å². The van der Waals surface area contributed by atoms with Crippen LogP contribution in [0, 0.1) is 5.92 Å². The lowest BCUT2D eigenvalue weighted by Gasteiger charge is -2.14. The lowest BCUT2D eigenvalue weighted by Crippen LogP contribution is -2.38. The summed E-state index contributed by atoms with van der Waals surface area (Å²) in [5.74, 6) is 2.50. The van der Waals surface area contributed by atoms with Crippen LogP contribution in [0.2, 0.25) is 0 Å². The molecule has 122 valence electrons. The van der Waals surface area contributed by atoms with Crippen LogP contribution in [0.5, 0.6) is 5.75 Å². The first-order valence-corrected chi connectivity index (χ1v) is 8.06. The highest BCUT2D eigenvalue weighted by atomic mass is 16.5. The van der Waals surface area contributed by atoms with Gasteiger partial charge in [0.2, 0.25) is 0 Å². The number of guanidine groups is 1. The van der Waals surface area contributed by atoms with E-state index in [-0.39, 0.29) is 0 Å². The highest BCUT2D eigenvalue weighted by molar-refractivity contribution is 5.79. The maximum absolute atomic E-state index is 5.92. The van der Waals surface area contributed by atoms with Crippen molar-refractivity contribution in [2.24, 2.45) is 10.9 Å². The molecule has 1 aromatic rings. The number of nitrogens with one attached hydrogen (secondary N) is 2. The summed E-state index contributed by atoms with van der Waals surface area (Å²) in [6.07, 6.45) is 2.60. The average molecular weight is 305 g/mol. The van der Waals surface area contributed by atoms with Crippen LogP contribution in [0.1, 0.15) is 25.3 Å². The van der Waals surface area contributed by atoms with Gasteiger partial charge in [-0.1, -0.05) is 18.2 Å². The first kappa shape index (κ1) is 16.6. The van der Waals surface area contributed by atoms with Crippen molar-refractivity contribution in [1.82, 2.24) is 10.6 Å². The van der Waals surface area contributed by atoms with Gasteiger partial charge in [-0.05, 0) is 31.7 Å². The fourth-order valence-electron chi connectivity index (χ4n) is 2.07. The fourth-order valence-corrected chi connectivity index (χ4v) is 2.07. The second-order valence-electron chi connectivity index (χ2n) is 5.41. The molecule has 1 saturated carbocycles. The molecular weight excluding hydrogens is 278 g/mol. The Morgan fingerprint density at radius 1 is 1.27 bits per heavy atom. The number of aliphatic imine (C=N–C) groups is 1. The predicted octanol–water partition coefficient (Wildman–Crippen LogP) is 2.18. The number of nitrogens with zero attached hydrogens (tertiary/aromatic N) is 1. The highest BCUT2D eigenvalue weighted by Crippen LogP contribution is 2.30. The molecule has 5 heteroatoms.